The van der Waals surface area contributed by atoms with Crippen molar-refractivity contribution in [3.05, 3.63) is 6.33 Å². The van der Waals surface area contributed by atoms with Crippen molar-refractivity contribution in [3.8, 4) is 0 Å². The number of nitrogen functional groups attached to an aromatic ring is 1. The largest absolute Gasteiger partial charge is 0.378 e. The topological polar surface area (TPSA) is 92.9 Å². The minimum absolute atomic E-state index is 0.265. The van der Waals surface area contributed by atoms with Gasteiger partial charge >= 0.3 is 0 Å². The standard InChI is InChI=1S/C12H18N6O/c1-2-19-8-3-5-18(6-4-8)11-9-10(15-7-14-9)16-12(13)17-11/h7-8H,2-6H2,1H3,(H3,13,14,15,16,17). The fourth-order valence-corrected chi connectivity index (χ4v) is 2.53. The van der Waals surface area contributed by atoms with E-state index in [0.717, 1.165) is 43.9 Å². The summed E-state index contributed by atoms with van der Waals surface area (Å²) in [5, 5.41) is 0. The van der Waals surface area contributed by atoms with Crippen molar-refractivity contribution in [2.75, 3.05) is 30.3 Å². The van der Waals surface area contributed by atoms with Crippen LogP contribution in [0.25, 0.3) is 11.2 Å². The minimum atomic E-state index is 0.265. The normalized spacial score (nSPS) is 17.2. The Labute approximate surface area is 111 Å². The smallest absolute Gasteiger partial charge is 0.224 e. The molecule has 3 heterocycles. The zero-order valence-electron chi connectivity index (χ0n) is 11.0. The number of piperidine rings is 1. The molecule has 0 atom stereocenters. The number of aromatic amines is 1. The number of hydrogen-bond donors (Lipinski definition) is 2. The fourth-order valence-electron chi connectivity index (χ4n) is 2.53. The molecule has 0 saturated carbocycles. The highest BCUT2D eigenvalue weighted by Gasteiger charge is 2.23. The second kappa shape index (κ2) is 5.00. The molecule has 3 N–H and O–H groups in total. The van der Waals surface area contributed by atoms with Gasteiger partial charge in [0.2, 0.25) is 5.95 Å². The van der Waals surface area contributed by atoms with Crippen LogP contribution in [-0.4, -0.2) is 45.7 Å². The van der Waals surface area contributed by atoms with Crippen molar-refractivity contribution < 1.29 is 4.74 Å². The number of nitrogens with one attached hydrogen (secondary N) is 1. The molecule has 0 spiro atoms. The Kier molecular flexibility index (Phi) is 3.20. The van der Waals surface area contributed by atoms with Crippen LogP contribution in [0.3, 0.4) is 0 Å². The third kappa shape index (κ3) is 2.33. The lowest BCUT2D eigenvalue weighted by molar-refractivity contribution is 0.0459. The van der Waals surface area contributed by atoms with Crippen molar-refractivity contribution in [3.63, 3.8) is 0 Å². The molecule has 1 fully saturated rings. The van der Waals surface area contributed by atoms with E-state index in [1.165, 1.54) is 0 Å². The molecular formula is C12H18N6O. The lowest BCUT2D eigenvalue weighted by Crippen LogP contribution is -2.37. The van der Waals surface area contributed by atoms with Crippen LogP contribution in [0.4, 0.5) is 11.8 Å². The molecule has 0 aromatic carbocycles. The molecule has 0 unspecified atom stereocenters. The maximum Gasteiger partial charge on any atom is 0.224 e. The third-order valence-corrected chi connectivity index (χ3v) is 3.43. The highest BCUT2D eigenvalue weighted by Crippen LogP contribution is 2.25. The van der Waals surface area contributed by atoms with Crippen LogP contribution in [-0.2, 0) is 4.74 Å². The first-order valence-corrected chi connectivity index (χ1v) is 6.61. The number of H-pyrrole nitrogens is 1. The highest BCUT2D eigenvalue weighted by molar-refractivity contribution is 5.84. The Bertz CT molecular complexity index is 560. The van der Waals surface area contributed by atoms with Gasteiger partial charge in [0, 0.05) is 19.7 Å². The summed E-state index contributed by atoms with van der Waals surface area (Å²) in [5.41, 5.74) is 7.21. The van der Waals surface area contributed by atoms with Gasteiger partial charge in [0.05, 0.1) is 12.4 Å². The Morgan fingerprint density at radius 3 is 2.95 bits per heavy atom. The van der Waals surface area contributed by atoms with Crippen LogP contribution in [0.5, 0.6) is 0 Å². The van der Waals surface area contributed by atoms with Crippen molar-refractivity contribution in [1.82, 2.24) is 19.9 Å². The molecule has 0 radical (unpaired) electrons. The average molecular weight is 262 g/mol. The molecule has 2 aromatic heterocycles. The Balaban J connectivity index is 1.83. The number of ether oxygens (including phenoxy) is 1. The Morgan fingerprint density at radius 2 is 2.21 bits per heavy atom. The van der Waals surface area contributed by atoms with Crippen LogP contribution in [0, 0.1) is 0 Å². The molecule has 1 aliphatic rings. The molecule has 0 amide bonds. The zero-order valence-corrected chi connectivity index (χ0v) is 11.0. The maximum absolute atomic E-state index is 5.74. The minimum Gasteiger partial charge on any atom is -0.378 e. The molecule has 2 aromatic rings. The summed E-state index contributed by atoms with van der Waals surface area (Å²) in [5.74, 6) is 1.11. The zero-order chi connectivity index (χ0) is 13.2. The van der Waals surface area contributed by atoms with Gasteiger partial charge in [-0.25, -0.2) is 4.98 Å². The number of imidazole rings is 1. The summed E-state index contributed by atoms with van der Waals surface area (Å²) in [7, 11) is 0. The summed E-state index contributed by atoms with van der Waals surface area (Å²) >= 11 is 0. The highest BCUT2D eigenvalue weighted by atomic mass is 16.5. The molecule has 0 aliphatic carbocycles. The van der Waals surface area contributed by atoms with E-state index in [9.17, 15) is 0 Å². The summed E-state index contributed by atoms with van der Waals surface area (Å²) < 4.78 is 5.66. The van der Waals surface area contributed by atoms with Gasteiger partial charge in [-0.05, 0) is 19.8 Å². The van der Waals surface area contributed by atoms with E-state index in [4.69, 9.17) is 10.5 Å². The van der Waals surface area contributed by atoms with Crippen molar-refractivity contribution >= 4 is 22.9 Å². The van der Waals surface area contributed by atoms with Gasteiger partial charge < -0.3 is 20.4 Å². The summed E-state index contributed by atoms with van der Waals surface area (Å²) in [6, 6.07) is 0. The lowest BCUT2D eigenvalue weighted by atomic mass is 10.1. The number of anilines is 2. The van der Waals surface area contributed by atoms with Crippen molar-refractivity contribution in [2.24, 2.45) is 0 Å². The molecule has 19 heavy (non-hydrogen) atoms. The quantitative estimate of drug-likeness (QED) is 0.855. The third-order valence-electron chi connectivity index (χ3n) is 3.43. The lowest BCUT2D eigenvalue weighted by Gasteiger charge is -2.32. The number of fused-ring (bicyclic) bond motifs is 1. The van der Waals surface area contributed by atoms with Crippen LogP contribution >= 0.6 is 0 Å². The first kappa shape index (κ1) is 12.2. The van der Waals surface area contributed by atoms with Gasteiger partial charge in [-0.3, -0.25) is 0 Å². The van der Waals surface area contributed by atoms with E-state index in [-0.39, 0.29) is 5.95 Å². The van der Waals surface area contributed by atoms with Crippen molar-refractivity contribution in [2.45, 2.75) is 25.9 Å². The van der Waals surface area contributed by atoms with Gasteiger partial charge in [0.15, 0.2) is 11.5 Å². The van der Waals surface area contributed by atoms with Gasteiger partial charge in [0.25, 0.3) is 0 Å². The molecule has 1 aliphatic heterocycles. The molecule has 3 rings (SSSR count). The summed E-state index contributed by atoms with van der Waals surface area (Å²) in [6.45, 7) is 4.63. The van der Waals surface area contributed by atoms with E-state index in [0.29, 0.717) is 11.8 Å². The van der Waals surface area contributed by atoms with Gasteiger partial charge in [-0.1, -0.05) is 0 Å². The fraction of sp³-hybridized carbons (Fsp3) is 0.583. The SMILES string of the molecule is CCOC1CCN(c2nc(N)nc3nc[nH]c23)CC1. The predicted octanol–water partition coefficient (Wildman–Crippen LogP) is 0.940. The molecule has 7 nitrogen and oxygen atoms in total. The monoisotopic (exact) mass is 262 g/mol. The first-order valence-electron chi connectivity index (χ1n) is 6.61. The molecule has 0 bridgehead atoms. The van der Waals surface area contributed by atoms with Crippen LogP contribution in [0.2, 0.25) is 0 Å². The van der Waals surface area contributed by atoms with E-state index >= 15 is 0 Å². The predicted molar refractivity (Wildman–Crippen MR) is 73.0 cm³/mol. The van der Waals surface area contributed by atoms with E-state index in [2.05, 4.69) is 24.8 Å². The van der Waals surface area contributed by atoms with Crippen LogP contribution < -0.4 is 10.6 Å². The van der Waals surface area contributed by atoms with Crippen molar-refractivity contribution in [1.29, 1.82) is 0 Å². The second-order valence-electron chi connectivity index (χ2n) is 4.65. The van der Waals surface area contributed by atoms with E-state index in [1.807, 2.05) is 6.92 Å². The van der Waals surface area contributed by atoms with Crippen LogP contribution in [0.1, 0.15) is 19.8 Å². The molecular weight excluding hydrogens is 244 g/mol. The van der Waals surface area contributed by atoms with Crippen LogP contribution in [0.15, 0.2) is 6.33 Å². The molecule has 102 valence electrons. The number of aromatic nitrogens is 4. The van der Waals surface area contributed by atoms with E-state index < -0.39 is 0 Å². The summed E-state index contributed by atoms with van der Waals surface area (Å²) in [6.07, 6.45) is 3.99. The second-order valence-corrected chi connectivity index (χ2v) is 4.65. The number of nitrogens with two attached hydrogens (primary N) is 1. The average Bonchev–Trinajstić information content (AvgIpc) is 2.87. The van der Waals surface area contributed by atoms with Gasteiger partial charge in [-0.15, -0.1) is 0 Å². The number of hydrogen-bond acceptors (Lipinski definition) is 6. The maximum atomic E-state index is 5.74. The first-order chi connectivity index (χ1) is 9.28. The number of nitrogens with zero attached hydrogens (tertiary/aromatic N) is 4. The molecule has 1 saturated heterocycles. The Morgan fingerprint density at radius 1 is 1.42 bits per heavy atom. The summed E-state index contributed by atoms with van der Waals surface area (Å²) in [4.78, 5) is 17.9. The van der Waals surface area contributed by atoms with E-state index in [1.54, 1.807) is 6.33 Å². The van der Waals surface area contributed by atoms with Gasteiger partial charge in [-0.2, -0.15) is 9.97 Å². The van der Waals surface area contributed by atoms with Gasteiger partial charge in [0.1, 0.15) is 5.52 Å². The molecule has 7 heteroatoms. The number of rotatable bonds is 3. The Hall–Kier alpha value is -1.89.